The van der Waals surface area contributed by atoms with Gasteiger partial charge >= 0.3 is 5.97 Å². The number of nitrogens with zero attached hydrogens (tertiary/aromatic N) is 2. The van der Waals surface area contributed by atoms with Gasteiger partial charge in [-0.1, -0.05) is 5.16 Å². The molecule has 2 heterocycles. The Hall–Kier alpha value is -0.690. The molecule has 1 aliphatic carbocycles. The lowest BCUT2D eigenvalue weighted by Crippen LogP contribution is -2.08. The summed E-state index contributed by atoms with van der Waals surface area (Å²) < 4.78 is 5.18. The molecule has 1 aliphatic heterocycles. The lowest BCUT2D eigenvalue weighted by Gasteiger charge is -2.16. The number of carboxylic acids is 1. The molecule has 0 spiro atoms. The zero-order valence-corrected chi connectivity index (χ0v) is 10.7. The number of carbonyl (C=O) groups is 1. The summed E-state index contributed by atoms with van der Waals surface area (Å²) in [6.45, 7) is 0. The van der Waals surface area contributed by atoms with Crippen molar-refractivity contribution in [3.8, 4) is 0 Å². The molecule has 0 radical (unpaired) electrons. The maximum Gasteiger partial charge on any atom is 0.307 e. The largest absolute Gasteiger partial charge is 0.481 e. The molecule has 7 heteroatoms. The first-order chi connectivity index (χ1) is 8.25. The lowest BCUT2D eigenvalue weighted by molar-refractivity contribution is -0.138. The fraction of sp³-hybridized carbons (Fsp3) is 0.700. The number of carboxylic acid groups (broad SMARTS) is 1. The summed E-state index contributed by atoms with van der Waals surface area (Å²) in [6, 6.07) is 0. The zero-order chi connectivity index (χ0) is 11.8. The van der Waals surface area contributed by atoms with Crippen molar-refractivity contribution in [2.24, 2.45) is 5.92 Å². The second-order valence-electron chi connectivity index (χ2n) is 4.21. The molecule has 1 saturated heterocycles. The summed E-state index contributed by atoms with van der Waals surface area (Å²) in [5.74, 6) is 3.38. The molecule has 92 valence electrons. The molecule has 3 rings (SSSR count). The highest BCUT2D eigenvalue weighted by atomic mass is 32.2. The van der Waals surface area contributed by atoms with Crippen molar-refractivity contribution in [1.82, 2.24) is 10.1 Å². The van der Waals surface area contributed by atoms with E-state index in [1.807, 2.05) is 23.5 Å². The Morgan fingerprint density at radius 1 is 1.47 bits per heavy atom. The van der Waals surface area contributed by atoms with Crippen LogP contribution in [0.15, 0.2) is 4.52 Å². The average Bonchev–Trinajstić information content (AvgIpc) is 3.01. The van der Waals surface area contributed by atoms with Crippen molar-refractivity contribution in [3.63, 3.8) is 0 Å². The number of aromatic nitrogens is 2. The van der Waals surface area contributed by atoms with Gasteiger partial charge in [0.25, 0.3) is 0 Å². The first-order valence-electron chi connectivity index (χ1n) is 5.51. The van der Waals surface area contributed by atoms with Gasteiger partial charge in [0.2, 0.25) is 5.89 Å². The van der Waals surface area contributed by atoms with E-state index in [-0.39, 0.29) is 11.8 Å². The highest BCUT2D eigenvalue weighted by Gasteiger charge is 2.48. The van der Waals surface area contributed by atoms with Gasteiger partial charge in [0.15, 0.2) is 5.82 Å². The van der Waals surface area contributed by atoms with Crippen LogP contribution in [-0.4, -0.2) is 38.5 Å². The number of hydrogen-bond acceptors (Lipinski definition) is 6. The molecule has 17 heavy (non-hydrogen) atoms. The Bertz CT molecular complexity index is 431. The molecule has 1 aromatic rings. The summed E-state index contributed by atoms with van der Waals surface area (Å²) in [6.07, 6.45) is 0.628. The number of hydrogen-bond donors (Lipinski definition) is 1. The Balaban J connectivity index is 1.68. The molecule has 0 aromatic carbocycles. The minimum atomic E-state index is -0.766. The highest BCUT2D eigenvalue weighted by Crippen LogP contribution is 2.47. The first-order valence-corrected chi connectivity index (χ1v) is 7.71. The predicted molar refractivity (Wildman–Crippen MR) is 65.3 cm³/mol. The van der Waals surface area contributed by atoms with Gasteiger partial charge in [0.1, 0.15) is 0 Å². The van der Waals surface area contributed by atoms with Crippen molar-refractivity contribution in [2.75, 3.05) is 17.3 Å². The predicted octanol–water partition coefficient (Wildman–Crippen LogP) is 1.78. The maximum absolute atomic E-state index is 10.8. The van der Waals surface area contributed by atoms with E-state index >= 15 is 0 Å². The third-order valence-electron chi connectivity index (χ3n) is 2.99. The van der Waals surface area contributed by atoms with Crippen molar-refractivity contribution in [1.29, 1.82) is 0 Å². The molecule has 1 aromatic heterocycles. The van der Waals surface area contributed by atoms with Crippen LogP contribution in [0.3, 0.4) is 0 Å². The molecule has 3 atom stereocenters. The standard InChI is InChI=1S/C10H12N2O3S2/c13-10(14)6-3-5(6)9-11-8(12-15-9)7-4-16-1-2-17-7/h5-7H,1-4H2,(H,13,14). The van der Waals surface area contributed by atoms with Gasteiger partial charge in [-0.2, -0.15) is 16.7 Å². The van der Waals surface area contributed by atoms with Crippen LogP contribution < -0.4 is 0 Å². The minimum Gasteiger partial charge on any atom is -0.481 e. The summed E-state index contributed by atoms with van der Waals surface area (Å²) in [5.41, 5.74) is 0. The van der Waals surface area contributed by atoms with Crippen LogP contribution in [0.2, 0.25) is 0 Å². The fourth-order valence-electron chi connectivity index (χ4n) is 1.91. The maximum atomic E-state index is 10.8. The number of aliphatic carboxylic acids is 1. The van der Waals surface area contributed by atoms with Crippen molar-refractivity contribution >= 4 is 29.5 Å². The van der Waals surface area contributed by atoms with Gasteiger partial charge in [0.05, 0.1) is 17.1 Å². The summed E-state index contributed by atoms with van der Waals surface area (Å²) >= 11 is 3.75. The molecule has 0 amide bonds. The monoisotopic (exact) mass is 272 g/mol. The Kier molecular flexibility index (Phi) is 3.04. The molecule has 1 N–H and O–H groups in total. The SMILES string of the molecule is O=C(O)C1CC1c1nc(C2CSCCS2)no1. The van der Waals surface area contributed by atoms with E-state index < -0.39 is 5.97 Å². The molecule has 2 aliphatic rings. The van der Waals surface area contributed by atoms with Gasteiger partial charge < -0.3 is 9.63 Å². The van der Waals surface area contributed by atoms with Crippen LogP contribution in [0.4, 0.5) is 0 Å². The van der Waals surface area contributed by atoms with Gasteiger partial charge in [-0.25, -0.2) is 0 Å². The van der Waals surface area contributed by atoms with Gasteiger partial charge in [-0.3, -0.25) is 4.79 Å². The zero-order valence-electron chi connectivity index (χ0n) is 9.04. The van der Waals surface area contributed by atoms with Crippen LogP contribution in [-0.2, 0) is 4.79 Å². The Morgan fingerprint density at radius 3 is 3.00 bits per heavy atom. The highest BCUT2D eigenvalue weighted by molar-refractivity contribution is 8.06. The van der Waals surface area contributed by atoms with E-state index in [0.717, 1.165) is 17.3 Å². The van der Waals surface area contributed by atoms with Crippen LogP contribution in [0, 0.1) is 5.92 Å². The quantitative estimate of drug-likeness (QED) is 0.898. The molecule has 3 unspecified atom stereocenters. The normalized spacial score (nSPS) is 32.4. The van der Waals surface area contributed by atoms with Gasteiger partial charge in [0, 0.05) is 17.3 Å². The van der Waals surface area contributed by atoms with E-state index in [9.17, 15) is 4.79 Å². The Morgan fingerprint density at radius 2 is 2.35 bits per heavy atom. The molecule has 0 bridgehead atoms. The van der Waals surface area contributed by atoms with Crippen LogP contribution >= 0.6 is 23.5 Å². The van der Waals surface area contributed by atoms with Crippen LogP contribution in [0.1, 0.15) is 29.3 Å². The van der Waals surface area contributed by atoms with Crippen molar-refractivity contribution in [3.05, 3.63) is 11.7 Å². The average molecular weight is 272 g/mol. The molecule has 5 nitrogen and oxygen atoms in total. The molecule has 1 saturated carbocycles. The summed E-state index contributed by atoms with van der Waals surface area (Å²) in [5, 5.41) is 13.1. The number of rotatable bonds is 3. The first kappa shape index (κ1) is 11.4. The molecular weight excluding hydrogens is 260 g/mol. The second kappa shape index (κ2) is 4.53. The smallest absolute Gasteiger partial charge is 0.307 e. The van der Waals surface area contributed by atoms with Crippen LogP contribution in [0.5, 0.6) is 0 Å². The van der Waals surface area contributed by atoms with E-state index in [0.29, 0.717) is 17.6 Å². The topological polar surface area (TPSA) is 76.2 Å². The van der Waals surface area contributed by atoms with Gasteiger partial charge in [-0.05, 0) is 6.42 Å². The van der Waals surface area contributed by atoms with E-state index in [4.69, 9.17) is 9.63 Å². The second-order valence-corrected chi connectivity index (χ2v) is 6.67. The summed E-state index contributed by atoms with van der Waals surface area (Å²) in [4.78, 5) is 15.1. The minimum absolute atomic E-state index is 0.0602. The molecule has 2 fully saturated rings. The third-order valence-corrected chi connectivity index (χ3v) is 5.74. The van der Waals surface area contributed by atoms with E-state index in [1.54, 1.807) is 0 Å². The van der Waals surface area contributed by atoms with E-state index in [1.165, 1.54) is 5.75 Å². The van der Waals surface area contributed by atoms with Crippen molar-refractivity contribution in [2.45, 2.75) is 17.6 Å². The van der Waals surface area contributed by atoms with E-state index in [2.05, 4.69) is 10.1 Å². The summed E-state index contributed by atoms with van der Waals surface area (Å²) in [7, 11) is 0. The molecular formula is C10H12N2O3S2. The Labute approximate surface area is 107 Å². The lowest BCUT2D eigenvalue weighted by atomic mass is 10.3. The van der Waals surface area contributed by atoms with Crippen molar-refractivity contribution < 1.29 is 14.4 Å². The van der Waals surface area contributed by atoms with Crippen LogP contribution in [0.25, 0.3) is 0 Å². The fourth-order valence-corrected chi connectivity index (χ4v) is 4.50. The third kappa shape index (κ3) is 2.30. The van der Waals surface area contributed by atoms with Gasteiger partial charge in [-0.15, -0.1) is 11.8 Å². The number of thioether (sulfide) groups is 2.